The van der Waals surface area contributed by atoms with Crippen LogP contribution in [-0.2, 0) is 15.5 Å². The molecule has 0 amide bonds. The van der Waals surface area contributed by atoms with Crippen LogP contribution in [-0.4, -0.2) is 29.2 Å². The summed E-state index contributed by atoms with van der Waals surface area (Å²) >= 11 is 11.9. The zero-order valence-electron chi connectivity index (χ0n) is 10.2. The van der Waals surface area contributed by atoms with Crippen LogP contribution < -0.4 is 5.73 Å². The number of ether oxygens (including phenoxy) is 1. The molecule has 0 radical (unpaired) electrons. The third-order valence-corrected chi connectivity index (χ3v) is 4.54. The second-order valence-electron chi connectivity index (χ2n) is 3.73. The minimum Gasteiger partial charge on any atom is -0.377 e. The monoisotopic (exact) mass is 309 g/mol. The summed E-state index contributed by atoms with van der Waals surface area (Å²) in [5, 5.41) is 1.00. The third-order valence-electron chi connectivity index (χ3n) is 2.43. The quantitative estimate of drug-likeness (QED) is 0.842. The van der Waals surface area contributed by atoms with E-state index in [1.54, 1.807) is 18.2 Å². The topological polar surface area (TPSA) is 52.3 Å². The van der Waals surface area contributed by atoms with Crippen LogP contribution in [0.2, 0.25) is 10.0 Å². The van der Waals surface area contributed by atoms with Crippen LogP contribution in [0, 0.1) is 0 Å². The van der Waals surface area contributed by atoms with Crippen LogP contribution in [0.15, 0.2) is 23.1 Å². The lowest BCUT2D eigenvalue weighted by Crippen LogP contribution is -2.25. The summed E-state index contributed by atoms with van der Waals surface area (Å²) in [6.07, 6.45) is 0.580. The molecule has 0 heterocycles. The van der Waals surface area contributed by atoms with Crippen molar-refractivity contribution in [2.75, 3.05) is 18.9 Å². The van der Waals surface area contributed by atoms with E-state index in [0.717, 1.165) is 0 Å². The first-order valence-electron chi connectivity index (χ1n) is 5.73. The van der Waals surface area contributed by atoms with Crippen LogP contribution >= 0.6 is 23.2 Å². The minimum atomic E-state index is -1.18. The Kier molecular flexibility index (Phi) is 7.19. The smallest absolute Gasteiger partial charge is 0.0706 e. The molecule has 2 atom stereocenters. The highest BCUT2D eigenvalue weighted by molar-refractivity contribution is 7.85. The van der Waals surface area contributed by atoms with Crippen LogP contribution in [0.4, 0.5) is 0 Å². The summed E-state index contributed by atoms with van der Waals surface area (Å²) in [5.74, 6) is 0.460. The Balaban J connectivity index is 2.62. The number of rotatable bonds is 7. The summed E-state index contributed by atoms with van der Waals surface area (Å²) < 4.78 is 17.5. The van der Waals surface area contributed by atoms with Gasteiger partial charge in [0.05, 0.1) is 26.8 Å². The first kappa shape index (κ1) is 15.9. The van der Waals surface area contributed by atoms with Crippen molar-refractivity contribution in [2.24, 2.45) is 5.73 Å². The number of hydrogen-bond acceptors (Lipinski definition) is 3. The largest absolute Gasteiger partial charge is 0.377 e. The summed E-state index contributed by atoms with van der Waals surface area (Å²) in [6.45, 7) is 2.94. The number of benzene rings is 1. The van der Waals surface area contributed by atoms with Crippen molar-refractivity contribution >= 4 is 34.0 Å². The van der Waals surface area contributed by atoms with Gasteiger partial charge in [0.2, 0.25) is 0 Å². The molecule has 0 spiro atoms. The highest BCUT2D eigenvalue weighted by atomic mass is 35.5. The van der Waals surface area contributed by atoms with Crippen LogP contribution in [0.1, 0.15) is 13.3 Å². The molecule has 0 bridgehead atoms. The molecule has 0 aliphatic rings. The van der Waals surface area contributed by atoms with Gasteiger partial charge in [0.1, 0.15) is 0 Å². The highest BCUT2D eigenvalue weighted by Crippen LogP contribution is 2.24. The average molecular weight is 310 g/mol. The molecule has 6 heteroatoms. The van der Waals surface area contributed by atoms with Crippen molar-refractivity contribution in [3.63, 3.8) is 0 Å². The van der Waals surface area contributed by atoms with Crippen molar-refractivity contribution in [3.8, 4) is 0 Å². The number of halogens is 2. The van der Waals surface area contributed by atoms with Gasteiger partial charge in [0.25, 0.3) is 0 Å². The standard InChI is InChI=1S/C12H17Cl2NO2S/c1-2-17-10(8-15)5-6-18(16)12-7-9(13)3-4-11(12)14/h3-4,7,10H,2,5-6,8,15H2,1H3. The van der Waals surface area contributed by atoms with Gasteiger partial charge in [-0.15, -0.1) is 0 Å². The van der Waals surface area contributed by atoms with Gasteiger partial charge in [-0.2, -0.15) is 0 Å². The molecule has 0 fully saturated rings. The zero-order chi connectivity index (χ0) is 13.5. The van der Waals surface area contributed by atoms with E-state index < -0.39 is 10.8 Å². The molecule has 1 rings (SSSR count). The van der Waals surface area contributed by atoms with E-state index >= 15 is 0 Å². The molecule has 0 saturated heterocycles. The SMILES string of the molecule is CCOC(CN)CCS(=O)c1cc(Cl)ccc1Cl. The first-order chi connectivity index (χ1) is 8.58. The van der Waals surface area contributed by atoms with E-state index in [-0.39, 0.29) is 6.10 Å². The maximum atomic E-state index is 12.1. The number of nitrogens with two attached hydrogens (primary N) is 1. The molecule has 0 aliphatic heterocycles. The van der Waals surface area contributed by atoms with Gasteiger partial charge in [-0.25, -0.2) is 0 Å². The summed E-state index contributed by atoms with van der Waals surface area (Å²) in [6, 6.07) is 4.96. The van der Waals surface area contributed by atoms with Crippen LogP contribution in [0.25, 0.3) is 0 Å². The van der Waals surface area contributed by atoms with Crippen LogP contribution in [0.3, 0.4) is 0 Å². The predicted molar refractivity (Wildman–Crippen MR) is 76.8 cm³/mol. The highest BCUT2D eigenvalue weighted by Gasteiger charge is 2.13. The molecule has 0 saturated carbocycles. The molecular weight excluding hydrogens is 293 g/mol. The lowest BCUT2D eigenvalue weighted by Gasteiger charge is -2.14. The Morgan fingerprint density at radius 2 is 2.17 bits per heavy atom. The van der Waals surface area contributed by atoms with E-state index in [1.807, 2.05) is 6.92 Å². The fraction of sp³-hybridized carbons (Fsp3) is 0.500. The summed E-state index contributed by atoms with van der Waals surface area (Å²) in [5.41, 5.74) is 5.57. The van der Waals surface area contributed by atoms with Crippen molar-refractivity contribution in [1.29, 1.82) is 0 Å². The third kappa shape index (κ3) is 4.86. The minimum absolute atomic E-state index is 0.0584. The van der Waals surface area contributed by atoms with Gasteiger partial charge >= 0.3 is 0 Å². The fourth-order valence-corrected chi connectivity index (χ4v) is 3.36. The maximum absolute atomic E-state index is 12.1. The van der Waals surface area contributed by atoms with Gasteiger partial charge < -0.3 is 10.5 Å². The second kappa shape index (κ2) is 8.12. The molecule has 2 unspecified atom stereocenters. The van der Waals surface area contributed by atoms with E-state index in [9.17, 15) is 4.21 Å². The Hall–Kier alpha value is -0.130. The van der Waals surface area contributed by atoms with E-state index in [2.05, 4.69) is 0 Å². The van der Waals surface area contributed by atoms with Crippen LogP contribution in [0.5, 0.6) is 0 Å². The maximum Gasteiger partial charge on any atom is 0.0706 e. The summed E-state index contributed by atoms with van der Waals surface area (Å²) in [7, 11) is -1.18. The lowest BCUT2D eigenvalue weighted by atomic mass is 10.3. The molecule has 18 heavy (non-hydrogen) atoms. The molecular formula is C12H17Cl2NO2S. The molecule has 0 aliphatic carbocycles. The van der Waals surface area contributed by atoms with Crippen molar-refractivity contribution < 1.29 is 8.95 Å². The average Bonchev–Trinajstić information content (AvgIpc) is 2.37. The van der Waals surface area contributed by atoms with Crippen molar-refractivity contribution in [1.82, 2.24) is 0 Å². The number of hydrogen-bond donors (Lipinski definition) is 1. The van der Waals surface area contributed by atoms with Gasteiger partial charge in [0, 0.05) is 23.9 Å². The van der Waals surface area contributed by atoms with Gasteiger partial charge in [-0.05, 0) is 31.5 Å². The molecule has 2 N–H and O–H groups in total. The Labute approximate surface area is 120 Å². The predicted octanol–water partition coefficient (Wildman–Crippen LogP) is 2.85. The molecule has 102 valence electrons. The van der Waals surface area contributed by atoms with Crippen molar-refractivity contribution in [3.05, 3.63) is 28.2 Å². The molecule has 1 aromatic rings. The lowest BCUT2D eigenvalue weighted by molar-refractivity contribution is 0.0672. The molecule has 3 nitrogen and oxygen atoms in total. The van der Waals surface area contributed by atoms with E-state index in [0.29, 0.717) is 40.3 Å². The van der Waals surface area contributed by atoms with Gasteiger partial charge in [0.15, 0.2) is 0 Å². The Morgan fingerprint density at radius 1 is 1.44 bits per heavy atom. The molecule has 1 aromatic carbocycles. The van der Waals surface area contributed by atoms with Crippen molar-refractivity contribution in [2.45, 2.75) is 24.3 Å². The first-order valence-corrected chi connectivity index (χ1v) is 7.81. The Bertz CT molecular complexity index is 415. The van der Waals surface area contributed by atoms with Gasteiger partial charge in [-0.1, -0.05) is 23.2 Å². The Morgan fingerprint density at radius 3 is 2.78 bits per heavy atom. The normalized spacial score (nSPS) is 14.4. The molecule has 0 aromatic heterocycles. The fourth-order valence-electron chi connectivity index (χ4n) is 1.51. The van der Waals surface area contributed by atoms with E-state index in [1.165, 1.54) is 0 Å². The van der Waals surface area contributed by atoms with E-state index in [4.69, 9.17) is 33.7 Å². The van der Waals surface area contributed by atoms with Gasteiger partial charge in [-0.3, -0.25) is 4.21 Å². The summed E-state index contributed by atoms with van der Waals surface area (Å²) in [4.78, 5) is 0.566. The zero-order valence-corrected chi connectivity index (χ0v) is 12.5. The second-order valence-corrected chi connectivity index (χ2v) is 6.11.